The fourth-order valence-corrected chi connectivity index (χ4v) is 1.78. The Morgan fingerprint density at radius 3 is 2.58 bits per heavy atom. The lowest BCUT2D eigenvalue weighted by Crippen LogP contribution is -2.06. The van der Waals surface area contributed by atoms with Gasteiger partial charge in [0, 0.05) is 24.8 Å². The molecule has 1 heterocycles. The largest absolute Gasteiger partial charge is 0.374 e. The number of benzene rings is 1. The third-order valence-corrected chi connectivity index (χ3v) is 2.64. The first-order chi connectivity index (χ1) is 9.33. The Kier molecular flexibility index (Phi) is 4.86. The Labute approximate surface area is 113 Å². The average Bonchev–Trinajstić information content (AvgIpc) is 2.46. The van der Waals surface area contributed by atoms with Gasteiger partial charge in [0.05, 0.1) is 5.69 Å². The molecule has 0 saturated carbocycles. The lowest BCUT2D eigenvalue weighted by atomic mass is 10.1. The molecule has 2 rings (SSSR count). The van der Waals surface area contributed by atoms with E-state index in [4.69, 9.17) is 4.74 Å². The third-order valence-electron chi connectivity index (χ3n) is 2.64. The molecular formula is C15H19N3O. The molecule has 1 aromatic heterocycles. The van der Waals surface area contributed by atoms with Gasteiger partial charge in [-0.1, -0.05) is 30.3 Å². The number of hydrogen-bond acceptors (Lipinski definition) is 4. The van der Waals surface area contributed by atoms with Gasteiger partial charge in [0.15, 0.2) is 5.82 Å². The van der Waals surface area contributed by atoms with E-state index in [1.165, 1.54) is 0 Å². The summed E-state index contributed by atoms with van der Waals surface area (Å²) >= 11 is 0. The molecule has 1 N–H and O–H groups in total. The van der Waals surface area contributed by atoms with Crippen molar-refractivity contribution in [2.45, 2.75) is 20.5 Å². The molecule has 0 unspecified atom stereocenters. The minimum absolute atomic E-state index is 0.440. The van der Waals surface area contributed by atoms with E-state index in [-0.39, 0.29) is 0 Å². The van der Waals surface area contributed by atoms with Crippen molar-refractivity contribution < 1.29 is 4.74 Å². The fraction of sp³-hybridized carbons (Fsp3) is 0.333. The number of ether oxygens (including phenoxy) is 1. The quantitative estimate of drug-likeness (QED) is 0.863. The molecule has 0 aliphatic heterocycles. The second-order valence-corrected chi connectivity index (χ2v) is 4.09. The molecule has 4 heteroatoms. The van der Waals surface area contributed by atoms with Crippen molar-refractivity contribution in [1.82, 2.24) is 9.97 Å². The number of anilines is 1. The molecule has 0 saturated heterocycles. The Balaban J connectivity index is 2.33. The first kappa shape index (κ1) is 13.5. The summed E-state index contributed by atoms with van der Waals surface area (Å²) in [6, 6.07) is 12.1. The van der Waals surface area contributed by atoms with Gasteiger partial charge in [0.2, 0.25) is 0 Å². The molecule has 4 nitrogen and oxygen atoms in total. The lowest BCUT2D eigenvalue weighted by molar-refractivity contribution is 0.128. The summed E-state index contributed by atoms with van der Waals surface area (Å²) in [5, 5.41) is 3.23. The molecule has 0 spiro atoms. The number of aromatic nitrogens is 2. The molecule has 0 aliphatic carbocycles. The van der Waals surface area contributed by atoms with Crippen LogP contribution in [-0.4, -0.2) is 23.1 Å². The highest BCUT2D eigenvalue weighted by atomic mass is 16.5. The van der Waals surface area contributed by atoms with Gasteiger partial charge in [-0.05, 0) is 13.8 Å². The maximum absolute atomic E-state index is 5.39. The smallest absolute Gasteiger partial charge is 0.157 e. The molecule has 0 aliphatic rings. The second-order valence-electron chi connectivity index (χ2n) is 4.09. The average molecular weight is 257 g/mol. The maximum Gasteiger partial charge on any atom is 0.157 e. The fourth-order valence-electron chi connectivity index (χ4n) is 1.78. The monoisotopic (exact) mass is 257 g/mol. The van der Waals surface area contributed by atoms with Crippen LogP contribution < -0.4 is 5.32 Å². The number of hydrogen-bond donors (Lipinski definition) is 1. The Morgan fingerprint density at radius 2 is 1.89 bits per heavy atom. The highest BCUT2D eigenvalue weighted by Gasteiger charge is 2.06. The van der Waals surface area contributed by atoms with Crippen LogP contribution in [0.4, 0.5) is 5.82 Å². The van der Waals surface area contributed by atoms with Crippen LogP contribution in [0.25, 0.3) is 11.3 Å². The third kappa shape index (κ3) is 3.76. The van der Waals surface area contributed by atoms with Gasteiger partial charge >= 0.3 is 0 Å². The number of rotatable bonds is 6. The standard InChI is InChI=1S/C15H19N3O/c1-3-16-14-10-13(12-8-6-5-7-9-12)17-15(18-14)11-19-4-2/h5-10H,3-4,11H2,1-2H3,(H,16,17,18). The van der Waals surface area contributed by atoms with Crippen LogP contribution in [-0.2, 0) is 11.3 Å². The van der Waals surface area contributed by atoms with Crippen molar-refractivity contribution in [3.63, 3.8) is 0 Å². The van der Waals surface area contributed by atoms with Gasteiger partial charge in [-0.2, -0.15) is 0 Å². The van der Waals surface area contributed by atoms with Gasteiger partial charge in [-0.15, -0.1) is 0 Å². The zero-order valence-corrected chi connectivity index (χ0v) is 11.4. The normalized spacial score (nSPS) is 10.4. The minimum atomic E-state index is 0.440. The predicted molar refractivity (Wildman–Crippen MR) is 77.0 cm³/mol. The maximum atomic E-state index is 5.39. The highest BCUT2D eigenvalue weighted by molar-refractivity contribution is 5.62. The Hall–Kier alpha value is -1.94. The van der Waals surface area contributed by atoms with Crippen molar-refractivity contribution in [2.75, 3.05) is 18.5 Å². The van der Waals surface area contributed by atoms with Crippen molar-refractivity contribution in [3.05, 3.63) is 42.2 Å². The Morgan fingerprint density at radius 1 is 1.11 bits per heavy atom. The van der Waals surface area contributed by atoms with Gasteiger partial charge in [0.1, 0.15) is 12.4 Å². The van der Waals surface area contributed by atoms with E-state index in [9.17, 15) is 0 Å². The van der Waals surface area contributed by atoms with E-state index in [2.05, 4.69) is 15.3 Å². The molecule has 19 heavy (non-hydrogen) atoms. The molecule has 0 radical (unpaired) electrons. The van der Waals surface area contributed by atoms with Gasteiger partial charge in [-0.3, -0.25) is 0 Å². The van der Waals surface area contributed by atoms with E-state index < -0.39 is 0 Å². The first-order valence-corrected chi connectivity index (χ1v) is 6.58. The van der Waals surface area contributed by atoms with Gasteiger partial charge in [0.25, 0.3) is 0 Å². The summed E-state index contributed by atoms with van der Waals surface area (Å²) in [5.41, 5.74) is 2.00. The topological polar surface area (TPSA) is 47.0 Å². The summed E-state index contributed by atoms with van der Waals surface area (Å²) in [7, 11) is 0. The van der Waals surface area contributed by atoms with Crippen molar-refractivity contribution in [2.24, 2.45) is 0 Å². The van der Waals surface area contributed by atoms with Crippen LogP contribution in [0.1, 0.15) is 19.7 Å². The second kappa shape index (κ2) is 6.85. The van der Waals surface area contributed by atoms with Crippen molar-refractivity contribution in [3.8, 4) is 11.3 Å². The Bertz CT molecular complexity index is 514. The van der Waals surface area contributed by atoms with Crippen LogP contribution >= 0.6 is 0 Å². The van der Waals surface area contributed by atoms with Crippen LogP contribution in [0, 0.1) is 0 Å². The molecule has 1 aromatic carbocycles. The van der Waals surface area contributed by atoms with Crippen molar-refractivity contribution >= 4 is 5.82 Å². The van der Waals surface area contributed by atoms with Crippen molar-refractivity contribution in [1.29, 1.82) is 0 Å². The van der Waals surface area contributed by atoms with Gasteiger partial charge < -0.3 is 10.1 Å². The lowest BCUT2D eigenvalue weighted by Gasteiger charge is -2.09. The van der Waals surface area contributed by atoms with E-state index in [0.717, 1.165) is 23.6 Å². The minimum Gasteiger partial charge on any atom is -0.374 e. The molecule has 0 atom stereocenters. The molecule has 100 valence electrons. The summed E-state index contributed by atoms with van der Waals surface area (Å²) in [6.07, 6.45) is 0. The summed E-state index contributed by atoms with van der Waals surface area (Å²) in [4.78, 5) is 8.99. The summed E-state index contributed by atoms with van der Waals surface area (Å²) < 4.78 is 5.39. The highest BCUT2D eigenvalue weighted by Crippen LogP contribution is 2.19. The van der Waals surface area contributed by atoms with E-state index in [1.807, 2.05) is 50.2 Å². The predicted octanol–water partition coefficient (Wildman–Crippen LogP) is 3.11. The zero-order chi connectivity index (χ0) is 13.5. The van der Waals surface area contributed by atoms with E-state index >= 15 is 0 Å². The van der Waals surface area contributed by atoms with E-state index in [1.54, 1.807) is 0 Å². The number of nitrogens with zero attached hydrogens (tertiary/aromatic N) is 2. The molecule has 2 aromatic rings. The molecule has 0 amide bonds. The van der Waals surface area contributed by atoms with Crippen LogP contribution in [0.5, 0.6) is 0 Å². The van der Waals surface area contributed by atoms with Crippen LogP contribution in [0.15, 0.2) is 36.4 Å². The summed E-state index contributed by atoms with van der Waals surface area (Å²) in [5.74, 6) is 1.55. The molecule has 0 bridgehead atoms. The number of nitrogens with one attached hydrogen (secondary N) is 1. The van der Waals surface area contributed by atoms with Crippen LogP contribution in [0.3, 0.4) is 0 Å². The van der Waals surface area contributed by atoms with E-state index in [0.29, 0.717) is 19.0 Å². The SMILES string of the molecule is CCNc1cc(-c2ccccc2)nc(COCC)n1. The first-order valence-electron chi connectivity index (χ1n) is 6.58. The molecule has 0 fully saturated rings. The summed E-state index contributed by atoms with van der Waals surface area (Å²) in [6.45, 7) is 5.95. The zero-order valence-electron chi connectivity index (χ0n) is 11.4. The van der Waals surface area contributed by atoms with Crippen LogP contribution in [0.2, 0.25) is 0 Å². The molecular weight excluding hydrogens is 238 g/mol. The van der Waals surface area contributed by atoms with Gasteiger partial charge in [-0.25, -0.2) is 9.97 Å².